The Morgan fingerprint density at radius 3 is 2.72 bits per heavy atom. The minimum atomic E-state index is -0.613. The Kier molecular flexibility index (Phi) is 9.69. The van der Waals surface area contributed by atoms with Crippen molar-refractivity contribution >= 4 is 5.88 Å². The quantitative estimate of drug-likeness (QED) is 0.266. The van der Waals surface area contributed by atoms with E-state index in [1.165, 1.54) is 11.1 Å². The van der Waals surface area contributed by atoms with Crippen LogP contribution in [0.5, 0.6) is 0 Å². The minimum absolute atomic E-state index is 0.262. The number of methoxy groups -OCH3 is 1. The lowest BCUT2D eigenvalue weighted by molar-refractivity contribution is 0.0230. The molecule has 0 amide bonds. The van der Waals surface area contributed by atoms with Crippen LogP contribution in [0.3, 0.4) is 0 Å². The number of hydrogen-bond acceptors (Lipinski definition) is 7. The first kappa shape index (κ1) is 26.1. The number of hydrogen-bond donors (Lipinski definition) is 1. The molecular formula is C29H37N3O4. The maximum absolute atomic E-state index is 10.7. The highest BCUT2D eigenvalue weighted by Crippen LogP contribution is 2.35. The van der Waals surface area contributed by atoms with Crippen molar-refractivity contribution in [2.24, 2.45) is 0 Å². The third-order valence-corrected chi connectivity index (χ3v) is 6.45. The van der Waals surface area contributed by atoms with Gasteiger partial charge in [-0.2, -0.15) is 0 Å². The molecule has 192 valence electrons. The molecule has 4 rings (SSSR count). The lowest BCUT2D eigenvalue weighted by Crippen LogP contribution is -2.36. The maximum Gasteiger partial charge on any atom is 0.232 e. The second kappa shape index (κ2) is 13.4. The zero-order chi connectivity index (χ0) is 25.2. The molecule has 2 aromatic carbocycles. The van der Waals surface area contributed by atoms with E-state index in [1.807, 2.05) is 18.2 Å². The van der Waals surface area contributed by atoms with Gasteiger partial charge in [0.25, 0.3) is 0 Å². The molecule has 0 spiro atoms. The molecule has 36 heavy (non-hydrogen) atoms. The van der Waals surface area contributed by atoms with E-state index < -0.39 is 6.10 Å². The number of ether oxygens (including phenoxy) is 2. The van der Waals surface area contributed by atoms with Crippen molar-refractivity contribution in [3.05, 3.63) is 83.9 Å². The number of anilines is 1. The molecule has 1 aliphatic heterocycles. The van der Waals surface area contributed by atoms with Gasteiger partial charge in [-0.05, 0) is 24.0 Å². The van der Waals surface area contributed by atoms with Crippen LogP contribution in [0, 0.1) is 0 Å². The summed E-state index contributed by atoms with van der Waals surface area (Å²) in [5.41, 5.74) is 5.61. The molecule has 3 aromatic rings. The van der Waals surface area contributed by atoms with E-state index in [4.69, 9.17) is 14.0 Å². The van der Waals surface area contributed by atoms with Crippen LogP contribution in [0.25, 0.3) is 11.3 Å². The third kappa shape index (κ3) is 6.83. The molecule has 1 atom stereocenters. The maximum atomic E-state index is 10.7. The SMILES string of the molecule is C=CCOCC(O)CN(CCCOC)Cc1c(-c2ccccc2)noc1N1CCc2ccccc2C1. The van der Waals surface area contributed by atoms with Crippen LogP contribution in [0.15, 0.2) is 71.8 Å². The summed E-state index contributed by atoms with van der Waals surface area (Å²) in [7, 11) is 1.71. The summed E-state index contributed by atoms with van der Waals surface area (Å²) in [5, 5.41) is 15.2. The average Bonchev–Trinajstić information content (AvgIpc) is 3.32. The van der Waals surface area contributed by atoms with Gasteiger partial charge < -0.3 is 24.0 Å². The van der Waals surface area contributed by atoms with Gasteiger partial charge >= 0.3 is 0 Å². The summed E-state index contributed by atoms with van der Waals surface area (Å²) >= 11 is 0. The van der Waals surface area contributed by atoms with E-state index in [-0.39, 0.29) is 6.61 Å². The summed E-state index contributed by atoms with van der Waals surface area (Å²) in [5.74, 6) is 0.803. The van der Waals surface area contributed by atoms with E-state index in [0.29, 0.717) is 26.3 Å². The Morgan fingerprint density at radius 1 is 1.17 bits per heavy atom. The fraction of sp³-hybridized carbons (Fsp3) is 0.414. The van der Waals surface area contributed by atoms with Crippen molar-refractivity contribution in [1.82, 2.24) is 10.1 Å². The molecule has 0 bridgehead atoms. The van der Waals surface area contributed by atoms with Crippen molar-refractivity contribution in [3.8, 4) is 11.3 Å². The number of nitrogens with zero attached hydrogens (tertiary/aromatic N) is 3. The molecule has 2 heterocycles. The zero-order valence-corrected chi connectivity index (χ0v) is 21.1. The number of aromatic nitrogens is 1. The molecule has 0 saturated carbocycles. The van der Waals surface area contributed by atoms with Crippen molar-refractivity contribution in [1.29, 1.82) is 0 Å². The Balaban J connectivity index is 1.61. The number of fused-ring (bicyclic) bond motifs is 1. The molecule has 1 unspecified atom stereocenters. The van der Waals surface area contributed by atoms with E-state index in [2.05, 4.69) is 57.9 Å². The first-order valence-corrected chi connectivity index (χ1v) is 12.6. The Hall–Kier alpha value is -2.97. The van der Waals surface area contributed by atoms with Gasteiger partial charge in [-0.1, -0.05) is 65.8 Å². The standard InChI is InChI=1S/C29H37N3O4/c1-3-17-35-22-26(33)20-31(15-9-18-34-2)21-27-28(24-11-5-4-6-12-24)30-36-29(27)32-16-14-23-10-7-8-13-25(23)19-32/h3-8,10-13,26,33H,1,9,14-22H2,2H3. The summed E-state index contributed by atoms with van der Waals surface area (Å²) in [6.07, 6.45) is 2.90. The van der Waals surface area contributed by atoms with Crippen LogP contribution in [0.4, 0.5) is 5.88 Å². The average molecular weight is 492 g/mol. The van der Waals surface area contributed by atoms with Gasteiger partial charge in [0, 0.05) is 52.0 Å². The lowest BCUT2D eigenvalue weighted by Gasteiger charge is -2.30. The second-order valence-electron chi connectivity index (χ2n) is 9.18. The number of aliphatic hydroxyl groups excluding tert-OH is 1. The topological polar surface area (TPSA) is 71.2 Å². The molecule has 0 fully saturated rings. The fourth-order valence-electron chi connectivity index (χ4n) is 4.71. The summed E-state index contributed by atoms with van der Waals surface area (Å²) in [6, 6.07) is 18.7. The third-order valence-electron chi connectivity index (χ3n) is 6.45. The van der Waals surface area contributed by atoms with Gasteiger partial charge in [-0.3, -0.25) is 4.90 Å². The zero-order valence-electron chi connectivity index (χ0n) is 21.1. The fourth-order valence-corrected chi connectivity index (χ4v) is 4.71. The molecule has 7 heteroatoms. The second-order valence-corrected chi connectivity index (χ2v) is 9.18. The molecule has 1 aromatic heterocycles. The summed E-state index contributed by atoms with van der Waals surface area (Å²) in [4.78, 5) is 4.52. The van der Waals surface area contributed by atoms with E-state index >= 15 is 0 Å². The van der Waals surface area contributed by atoms with Gasteiger partial charge in [0.15, 0.2) is 0 Å². The molecule has 0 radical (unpaired) electrons. The Labute approximate surface area is 213 Å². The Morgan fingerprint density at radius 2 is 1.94 bits per heavy atom. The molecule has 1 N–H and O–H groups in total. The summed E-state index contributed by atoms with van der Waals surface area (Å²) < 4.78 is 16.8. The normalized spacial score (nSPS) is 14.1. The van der Waals surface area contributed by atoms with Crippen molar-refractivity contribution in [2.75, 3.05) is 51.5 Å². The molecule has 0 aliphatic carbocycles. The summed E-state index contributed by atoms with van der Waals surface area (Å²) in [6.45, 7) is 8.52. The highest BCUT2D eigenvalue weighted by Gasteiger charge is 2.27. The van der Waals surface area contributed by atoms with E-state index in [1.54, 1.807) is 13.2 Å². The number of benzene rings is 2. The molecule has 0 saturated heterocycles. The van der Waals surface area contributed by atoms with Gasteiger partial charge in [0.2, 0.25) is 5.88 Å². The number of rotatable bonds is 14. The van der Waals surface area contributed by atoms with Crippen LogP contribution in [0.1, 0.15) is 23.1 Å². The molecule has 7 nitrogen and oxygen atoms in total. The van der Waals surface area contributed by atoms with Gasteiger partial charge in [0.1, 0.15) is 5.69 Å². The van der Waals surface area contributed by atoms with Crippen molar-refractivity contribution < 1.29 is 19.1 Å². The van der Waals surface area contributed by atoms with Crippen molar-refractivity contribution in [2.45, 2.75) is 32.0 Å². The first-order chi connectivity index (χ1) is 17.7. The van der Waals surface area contributed by atoms with Crippen LogP contribution in [0.2, 0.25) is 0 Å². The minimum Gasteiger partial charge on any atom is -0.389 e. The Bertz CT molecular complexity index is 1090. The first-order valence-electron chi connectivity index (χ1n) is 12.6. The van der Waals surface area contributed by atoms with Crippen LogP contribution in [-0.4, -0.2) is 67.8 Å². The number of aliphatic hydroxyl groups is 1. The smallest absolute Gasteiger partial charge is 0.232 e. The highest BCUT2D eigenvalue weighted by atomic mass is 16.5. The predicted octanol–water partition coefficient (Wildman–Crippen LogP) is 4.31. The van der Waals surface area contributed by atoms with Gasteiger partial charge in [-0.15, -0.1) is 6.58 Å². The van der Waals surface area contributed by atoms with Crippen LogP contribution < -0.4 is 4.90 Å². The van der Waals surface area contributed by atoms with E-state index in [9.17, 15) is 5.11 Å². The van der Waals surface area contributed by atoms with Gasteiger partial charge in [-0.25, -0.2) is 0 Å². The van der Waals surface area contributed by atoms with Gasteiger partial charge in [0.05, 0.1) is 24.9 Å². The predicted molar refractivity (Wildman–Crippen MR) is 142 cm³/mol. The van der Waals surface area contributed by atoms with Crippen LogP contribution in [-0.2, 0) is 29.0 Å². The molecular weight excluding hydrogens is 454 g/mol. The monoisotopic (exact) mass is 491 g/mol. The molecule has 1 aliphatic rings. The van der Waals surface area contributed by atoms with E-state index in [0.717, 1.165) is 55.2 Å². The van der Waals surface area contributed by atoms with Crippen LogP contribution >= 0.6 is 0 Å². The lowest BCUT2D eigenvalue weighted by atomic mass is 9.99. The van der Waals surface area contributed by atoms with Crippen molar-refractivity contribution in [3.63, 3.8) is 0 Å². The highest BCUT2D eigenvalue weighted by molar-refractivity contribution is 5.68. The largest absolute Gasteiger partial charge is 0.389 e.